The summed E-state index contributed by atoms with van der Waals surface area (Å²) in [5, 5.41) is 22.3. The average molecular weight is 1060 g/mol. The molecule has 6 aromatic rings. The number of anilines is 2. The zero-order valence-electron chi connectivity index (χ0n) is 38.3. The molecule has 4 fully saturated rings. The second-order valence-electron chi connectivity index (χ2n) is 18.1. The number of sulfonamides is 2. The molecule has 0 unspecified atom stereocenters. The number of likely N-dealkylation sites (tertiary alicyclic amines) is 1. The molecule has 17 nitrogen and oxygen atoms in total. The molecule has 0 radical (unpaired) electrons. The van der Waals surface area contributed by atoms with E-state index in [4.69, 9.17) is 71.7 Å². The number of benzene rings is 2. The number of amides is 1. The van der Waals surface area contributed by atoms with E-state index >= 15 is 0 Å². The van der Waals surface area contributed by atoms with Crippen LogP contribution in [-0.4, -0.2) is 93.5 Å². The van der Waals surface area contributed by atoms with Crippen LogP contribution in [0.2, 0.25) is 20.1 Å². The second kappa shape index (κ2) is 20.5. The van der Waals surface area contributed by atoms with Gasteiger partial charge >= 0.3 is 5.97 Å². The first-order valence-corrected chi connectivity index (χ1v) is 27.9. The lowest BCUT2D eigenvalue weighted by Gasteiger charge is -2.35. The highest BCUT2D eigenvalue weighted by atomic mass is 35.5. The number of hydrogen-bond donors (Lipinski definition) is 4. The number of carboxylic acid groups (broad SMARTS) is 1. The number of aromatic carboxylic acids is 1. The van der Waals surface area contributed by atoms with Gasteiger partial charge in [-0.2, -0.15) is 10.2 Å². The van der Waals surface area contributed by atoms with E-state index in [1.807, 2.05) is 26.7 Å². The molecule has 6 heterocycles. The van der Waals surface area contributed by atoms with Gasteiger partial charge in [-0.25, -0.2) is 40.6 Å². The van der Waals surface area contributed by atoms with Crippen LogP contribution >= 0.6 is 46.4 Å². The van der Waals surface area contributed by atoms with Gasteiger partial charge in [-0.3, -0.25) is 14.2 Å². The number of carbonyl (C=O) groups is 2. The lowest BCUT2D eigenvalue weighted by molar-refractivity contribution is 0.0606. The molecule has 4 aliphatic rings. The van der Waals surface area contributed by atoms with E-state index in [0.717, 1.165) is 78.5 Å². The third kappa shape index (κ3) is 12.4. The first-order chi connectivity index (χ1) is 32.6. The van der Waals surface area contributed by atoms with Crippen molar-refractivity contribution >= 4 is 101 Å². The van der Waals surface area contributed by atoms with E-state index in [1.165, 1.54) is 74.5 Å². The van der Waals surface area contributed by atoms with Gasteiger partial charge in [0.15, 0.2) is 11.3 Å². The van der Waals surface area contributed by atoms with Crippen molar-refractivity contribution in [3.05, 3.63) is 114 Å². The Labute approximate surface area is 420 Å². The van der Waals surface area contributed by atoms with Gasteiger partial charge < -0.3 is 15.3 Å². The van der Waals surface area contributed by atoms with E-state index in [2.05, 4.69) is 35.2 Å². The molecule has 0 spiro atoms. The molecule has 4 aromatic heterocycles. The van der Waals surface area contributed by atoms with E-state index in [9.17, 15) is 26.4 Å². The van der Waals surface area contributed by atoms with Crippen molar-refractivity contribution < 1.29 is 31.5 Å². The largest absolute Gasteiger partial charge is 0.478 e. The molecule has 2 saturated carbocycles. The number of piperidine rings is 2. The molecule has 2 saturated heterocycles. The van der Waals surface area contributed by atoms with Crippen molar-refractivity contribution in [1.82, 2.24) is 39.4 Å². The number of carboxylic acids is 1. The molecular weight excluding hydrogens is 1010 g/mol. The summed E-state index contributed by atoms with van der Waals surface area (Å²) >= 11 is 23.8. The number of hydrogen-bond acceptors (Lipinski definition) is 11. The van der Waals surface area contributed by atoms with Crippen molar-refractivity contribution in [3.8, 4) is 0 Å². The molecule has 2 aliphatic heterocycles. The van der Waals surface area contributed by atoms with Crippen molar-refractivity contribution in [2.75, 3.05) is 35.0 Å². The number of nitrogens with zero attached hydrogens (tertiary/aromatic N) is 7. The molecule has 0 bridgehead atoms. The number of carbonyl (C=O) groups excluding carboxylic acids is 1. The maximum absolute atomic E-state index is 13.8. The first-order valence-electron chi connectivity index (χ1n) is 22.6. The molecule has 10 rings (SSSR count). The number of fused-ring (bicyclic) bond motifs is 2. The Kier molecular flexibility index (Phi) is 15.1. The summed E-state index contributed by atoms with van der Waals surface area (Å²) in [6.07, 6.45) is 13.1. The van der Waals surface area contributed by atoms with E-state index in [-0.39, 0.29) is 54.5 Å². The molecule has 2 atom stereocenters. The maximum Gasteiger partial charge on any atom is 0.337 e. The molecule has 1 amide bonds. The number of nitrogens with one attached hydrogen (secondary N) is 3. The molecule has 23 heteroatoms. The molecule has 2 aromatic carbocycles. The van der Waals surface area contributed by atoms with Crippen LogP contribution in [0.3, 0.4) is 0 Å². The standard InChI is InChI=1S/C23H25Cl2N5O3S.C15H20N4.C8H7Cl2NO4S/c1-13-9-18(14-6-7-14)26-21-12-19(27-30(13)21)20-5-3-4-8-29(20)23(31)16-10-15(24)11-17(25)22(16)28-34(2,32)33;1-10-8-13(11-5-6-11)17-15-9-14(18-19(10)15)12-4-2-3-7-16-12;1-16(14,15)11-7-5(8(12)13)2-4(9)3-6(7)10/h9-12,14,20,28H,3-8H2,1-2H3;8-9,11-12,16H,2-7H2,1H3;2-3,11H,1H3,(H,12,13)/t20-;12-;/m00./s1. The highest BCUT2D eigenvalue weighted by molar-refractivity contribution is 7.92. The van der Waals surface area contributed by atoms with Gasteiger partial charge in [0.25, 0.3) is 5.91 Å². The minimum atomic E-state index is -3.67. The normalized spacial score (nSPS) is 18.5. The Morgan fingerprint density at radius 1 is 0.638 bits per heavy atom. The fourth-order valence-corrected chi connectivity index (χ4v) is 11.0. The highest BCUT2D eigenvalue weighted by Gasteiger charge is 2.34. The van der Waals surface area contributed by atoms with Crippen LogP contribution in [0.4, 0.5) is 11.4 Å². The van der Waals surface area contributed by atoms with Gasteiger partial charge in [0.2, 0.25) is 20.0 Å². The lowest BCUT2D eigenvalue weighted by atomic mass is 9.98. The van der Waals surface area contributed by atoms with Crippen LogP contribution in [0, 0.1) is 13.8 Å². The van der Waals surface area contributed by atoms with Crippen LogP contribution in [0.25, 0.3) is 11.3 Å². The summed E-state index contributed by atoms with van der Waals surface area (Å²) < 4.78 is 54.1. The van der Waals surface area contributed by atoms with Crippen LogP contribution in [0.1, 0.15) is 143 Å². The van der Waals surface area contributed by atoms with Gasteiger partial charge in [-0.1, -0.05) is 52.8 Å². The smallest absolute Gasteiger partial charge is 0.337 e. The Balaban J connectivity index is 0.000000154. The third-order valence-corrected chi connectivity index (χ3v) is 14.4. The van der Waals surface area contributed by atoms with Crippen LogP contribution in [0.5, 0.6) is 0 Å². The van der Waals surface area contributed by atoms with Crippen molar-refractivity contribution in [2.24, 2.45) is 0 Å². The van der Waals surface area contributed by atoms with Crippen LogP contribution in [0.15, 0.2) is 48.5 Å². The van der Waals surface area contributed by atoms with Crippen molar-refractivity contribution in [3.63, 3.8) is 0 Å². The summed E-state index contributed by atoms with van der Waals surface area (Å²) in [7, 11) is -7.27. The number of halogens is 4. The Morgan fingerprint density at radius 2 is 1.13 bits per heavy atom. The second-order valence-corrected chi connectivity index (χ2v) is 23.2. The summed E-state index contributed by atoms with van der Waals surface area (Å²) in [6.45, 7) is 5.77. The zero-order valence-corrected chi connectivity index (χ0v) is 42.9. The fraction of sp³-hybridized carbons (Fsp3) is 0.435. The predicted molar refractivity (Wildman–Crippen MR) is 268 cm³/mol. The van der Waals surface area contributed by atoms with Crippen molar-refractivity contribution in [2.45, 2.75) is 102 Å². The minimum absolute atomic E-state index is 0.0319. The number of aromatic nitrogens is 6. The Hall–Kier alpha value is -4.76. The predicted octanol–water partition coefficient (Wildman–Crippen LogP) is 9.75. The van der Waals surface area contributed by atoms with Gasteiger partial charge in [-0.15, -0.1) is 0 Å². The summed E-state index contributed by atoms with van der Waals surface area (Å²) in [5.74, 6) is -0.436. The number of rotatable bonds is 10. The maximum atomic E-state index is 13.8. The highest BCUT2D eigenvalue weighted by Crippen LogP contribution is 2.41. The van der Waals surface area contributed by atoms with Gasteiger partial charge in [0, 0.05) is 63.3 Å². The molecule has 368 valence electrons. The van der Waals surface area contributed by atoms with Gasteiger partial charge in [-0.05, 0) is 115 Å². The Morgan fingerprint density at radius 3 is 1.62 bits per heavy atom. The third-order valence-electron chi connectivity index (χ3n) is 12.2. The summed E-state index contributed by atoms with van der Waals surface area (Å²) in [5.41, 5.74) is 7.93. The summed E-state index contributed by atoms with van der Waals surface area (Å²) in [4.78, 5) is 35.9. The number of aryl methyl sites for hydroxylation is 2. The van der Waals surface area contributed by atoms with Gasteiger partial charge in [0.1, 0.15) is 0 Å². The Bertz CT molecular complexity index is 3190. The zero-order chi connectivity index (χ0) is 49.5. The molecule has 69 heavy (non-hydrogen) atoms. The van der Waals surface area contributed by atoms with Gasteiger partial charge in [0.05, 0.1) is 68.5 Å². The fourth-order valence-electron chi connectivity index (χ4n) is 8.65. The van der Waals surface area contributed by atoms with Crippen LogP contribution in [-0.2, 0) is 20.0 Å². The van der Waals surface area contributed by atoms with Crippen molar-refractivity contribution in [1.29, 1.82) is 0 Å². The SMILES string of the molecule is CS(=O)(=O)Nc1c(Cl)cc(Cl)cc1C(=O)O.Cc1cc(C2CC2)nc2cc([C@@H]3CCCCN3)nn12.Cc1cc(C2CC2)nc2cc([C@@H]3CCCCN3C(=O)c3cc(Cl)cc(Cl)c3NS(C)(=O)=O)nn12. The lowest BCUT2D eigenvalue weighted by Crippen LogP contribution is -2.39. The monoisotopic (exact) mass is 1060 g/mol. The molecular formula is C46H52Cl4N10O7S2. The molecule has 4 N–H and O–H groups in total. The van der Waals surface area contributed by atoms with Crippen LogP contribution < -0.4 is 14.8 Å². The topological polar surface area (TPSA) is 222 Å². The van der Waals surface area contributed by atoms with E-state index in [1.54, 1.807) is 4.90 Å². The molecule has 2 aliphatic carbocycles. The summed E-state index contributed by atoms with van der Waals surface area (Å²) in [6, 6.07) is 13.8. The average Bonchev–Trinajstić information content (AvgIpc) is 4.23. The quantitative estimate of drug-likeness (QED) is 0.101. The van der Waals surface area contributed by atoms with E-state index < -0.39 is 26.0 Å². The van der Waals surface area contributed by atoms with E-state index in [0.29, 0.717) is 24.4 Å². The first kappa shape index (κ1) is 50.6. The minimum Gasteiger partial charge on any atom is -0.478 e.